The molecule has 0 radical (unpaired) electrons. The summed E-state index contributed by atoms with van der Waals surface area (Å²) in [4.78, 5) is 39.5. The van der Waals surface area contributed by atoms with Gasteiger partial charge in [0.05, 0.1) is 37.3 Å². The van der Waals surface area contributed by atoms with Crippen LogP contribution in [0.25, 0.3) is 10.9 Å². The van der Waals surface area contributed by atoms with Gasteiger partial charge in [-0.15, -0.1) is 0 Å². The number of ketones is 1. The number of methoxy groups -OCH3 is 2. The zero-order valence-electron chi connectivity index (χ0n) is 20.2. The second-order valence-corrected chi connectivity index (χ2v) is 7.95. The molecule has 0 aliphatic heterocycles. The fourth-order valence-electron chi connectivity index (χ4n) is 3.85. The Morgan fingerprint density at radius 3 is 2.14 bits per heavy atom. The van der Waals surface area contributed by atoms with Crippen LogP contribution in [-0.4, -0.2) is 37.1 Å². The van der Waals surface area contributed by atoms with Crippen molar-refractivity contribution in [1.82, 2.24) is 4.57 Å². The van der Waals surface area contributed by atoms with Crippen molar-refractivity contribution in [2.75, 3.05) is 26.1 Å². The van der Waals surface area contributed by atoms with Gasteiger partial charge in [-0.3, -0.25) is 14.4 Å². The molecule has 1 N–H and O–H groups in total. The molecule has 8 heteroatoms. The van der Waals surface area contributed by atoms with E-state index in [4.69, 9.17) is 14.2 Å². The van der Waals surface area contributed by atoms with Crippen molar-refractivity contribution in [1.29, 1.82) is 0 Å². The summed E-state index contributed by atoms with van der Waals surface area (Å²) in [6.45, 7) is 2.26. The van der Waals surface area contributed by atoms with E-state index in [-0.39, 0.29) is 23.4 Å². The number of amides is 1. The van der Waals surface area contributed by atoms with Crippen LogP contribution >= 0.6 is 0 Å². The Balaban J connectivity index is 1.71. The Labute approximate surface area is 208 Å². The van der Waals surface area contributed by atoms with E-state index in [9.17, 15) is 14.4 Å². The lowest BCUT2D eigenvalue weighted by atomic mass is 10.0. The highest BCUT2D eigenvalue weighted by molar-refractivity contribution is 6.10. The van der Waals surface area contributed by atoms with Crippen molar-refractivity contribution in [3.63, 3.8) is 0 Å². The monoisotopic (exact) mass is 486 g/mol. The summed E-state index contributed by atoms with van der Waals surface area (Å²) in [7, 11) is 3.06. The summed E-state index contributed by atoms with van der Waals surface area (Å²) >= 11 is 0. The molecule has 1 amide bonds. The molecule has 4 rings (SSSR count). The minimum atomic E-state index is -0.447. The molecule has 36 heavy (non-hydrogen) atoms. The van der Waals surface area contributed by atoms with Gasteiger partial charge in [0, 0.05) is 17.4 Å². The number of ether oxygens (including phenoxy) is 3. The number of carbonyl (C=O) groups excluding carboxylic acids is 2. The number of hydrogen-bond acceptors (Lipinski definition) is 6. The largest absolute Gasteiger partial charge is 0.497 e. The molecule has 0 atom stereocenters. The molecule has 0 saturated heterocycles. The van der Waals surface area contributed by atoms with Crippen LogP contribution in [0, 0.1) is 0 Å². The van der Waals surface area contributed by atoms with Gasteiger partial charge in [0.15, 0.2) is 5.78 Å². The van der Waals surface area contributed by atoms with Crippen LogP contribution in [0.3, 0.4) is 0 Å². The molecule has 0 spiro atoms. The standard InChI is InChI=1S/C28H26N2O6/c1-4-36-21-9-5-18(6-10-21)27(32)24-16-30(25-14-13-22(35-3)15-23(25)28(24)33)17-26(31)29-19-7-11-20(34-2)12-8-19/h5-16H,4,17H2,1-3H3,(H,29,31). The molecule has 0 unspecified atom stereocenters. The van der Waals surface area contributed by atoms with E-state index in [0.29, 0.717) is 40.6 Å². The fraction of sp³-hybridized carbons (Fsp3) is 0.179. The fourth-order valence-corrected chi connectivity index (χ4v) is 3.85. The lowest BCUT2D eigenvalue weighted by molar-refractivity contribution is -0.116. The number of anilines is 1. The van der Waals surface area contributed by atoms with Gasteiger partial charge in [0.1, 0.15) is 23.8 Å². The van der Waals surface area contributed by atoms with Crippen LogP contribution in [0.4, 0.5) is 5.69 Å². The van der Waals surface area contributed by atoms with Crippen molar-refractivity contribution in [3.8, 4) is 17.2 Å². The smallest absolute Gasteiger partial charge is 0.244 e. The molecule has 0 bridgehead atoms. The molecule has 0 aliphatic rings. The molecule has 1 heterocycles. The molecule has 4 aromatic rings. The molecule has 184 valence electrons. The first-order valence-electron chi connectivity index (χ1n) is 11.4. The summed E-state index contributed by atoms with van der Waals surface area (Å²) in [6, 6.07) is 18.5. The minimum absolute atomic E-state index is 0.0443. The number of benzene rings is 3. The lowest BCUT2D eigenvalue weighted by Crippen LogP contribution is -2.24. The first-order valence-corrected chi connectivity index (χ1v) is 11.4. The molecule has 0 aliphatic carbocycles. The predicted octanol–water partition coefficient (Wildman–Crippen LogP) is 4.29. The third-order valence-corrected chi connectivity index (χ3v) is 5.65. The Kier molecular flexibility index (Phi) is 7.34. The Morgan fingerprint density at radius 1 is 0.861 bits per heavy atom. The summed E-state index contributed by atoms with van der Waals surface area (Å²) in [6.07, 6.45) is 1.43. The van der Waals surface area contributed by atoms with Crippen molar-refractivity contribution < 1.29 is 23.8 Å². The quantitative estimate of drug-likeness (QED) is 0.355. The molecule has 3 aromatic carbocycles. The van der Waals surface area contributed by atoms with Crippen LogP contribution in [0.2, 0.25) is 0 Å². The number of nitrogens with one attached hydrogen (secondary N) is 1. The molecule has 0 saturated carbocycles. The number of pyridine rings is 1. The molecule has 1 aromatic heterocycles. The van der Waals surface area contributed by atoms with Gasteiger partial charge < -0.3 is 24.1 Å². The zero-order chi connectivity index (χ0) is 25.7. The summed E-state index contributed by atoms with van der Waals surface area (Å²) in [5.41, 5.74) is 0.964. The van der Waals surface area contributed by atoms with Crippen molar-refractivity contribution in [3.05, 3.63) is 94.3 Å². The Morgan fingerprint density at radius 2 is 1.50 bits per heavy atom. The van der Waals surface area contributed by atoms with E-state index in [1.165, 1.54) is 13.3 Å². The predicted molar refractivity (Wildman–Crippen MR) is 137 cm³/mol. The first-order chi connectivity index (χ1) is 17.4. The maximum Gasteiger partial charge on any atom is 0.244 e. The number of fused-ring (bicyclic) bond motifs is 1. The number of aromatic nitrogens is 1. The Hall–Kier alpha value is -4.59. The summed E-state index contributed by atoms with van der Waals surface area (Å²) in [5, 5.41) is 3.11. The summed E-state index contributed by atoms with van der Waals surface area (Å²) < 4.78 is 17.5. The third kappa shape index (κ3) is 5.22. The number of carbonyl (C=O) groups is 2. The van der Waals surface area contributed by atoms with Crippen LogP contribution in [0.1, 0.15) is 22.8 Å². The molecule has 0 fully saturated rings. The first kappa shape index (κ1) is 24.5. The minimum Gasteiger partial charge on any atom is -0.497 e. The average molecular weight is 487 g/mol. The SMILES string of the molecule is CCOc1ccc(C(=O)c2cn(CC(=O)Nc3ccc(OC)cc3)c3ccc(OC)cc3c2=O)cc1. The lowest BCUT2D eigenvalue weighted by Gasteiger charge is -2.14. The maximum atomic E-state index is 13.3. The number of rotatable bonds is 9. The van der Waals surface area contributed by atoms with Gasteiger partial charge in [-0.2, -0.15) is 0 Å². The maximum absolute atomic E-state index is 13.3. The van der Waals surface area contributed by atoms with E-state index >= 15 is 0 Å². The van der Waals surface area contributed by atoms with E-state index in [0.717, 1.165) is 0 Å². The van der Waals surface area contributed by atoms with Gasteiger partial charge in [-0.05, 0) is 73.7 Å². The average Bonchev–Trinajstić information content (AvgIpc) is 2.90. The van der Waals surface area contributed by atoms with Crippen molar-refractivity contribution >= 4 is 28.3 Å². The van der Waals surface area contributed by atoms with Crippen LogP contribution in [-0.2, 0) is 11.3 Å². The van der Waals surface area contributed by atoms with Crippen LogP contribution in [0.5, 0.6) is 17.2 Å². The van der Waals surface area contributed by atoms with E-state index in [1.54, 1.807) is 78.4 Å². The van der Waals surface area contributed by atoms with E-state index in [2.05, 4.69) is 5.32 Å². The van der Waals surface area contributed by atoms with E-state index in [1.807, 2.05) is 6.92 Å². The number of hydrogen-bond donors (Lipinski definition) is 1. The highest BCUT2D eigenvalue weighted by atomic mass is 16.5. The topological polar surface area (TPSA) is 95.9 Å². The molecular formula is C28H26N2O6. The molecular weight excluding hydrogens is 460 g/mol. The van der Waals surface area contributed by atoms with Gasteiger partial charge in [-0.25, -0.2) is 0 Å². The van der Waals surface area contributed by atoms with Gasteiger partial charge in [0.2, 0.25) is 11.3 Å². The summed E-state index contributed by atoms with van der Waals surface area (Å²) in [5.74, 6) is 1.01. The van der Waals surface area contributed by atoms with Crippen molar-refractivity contribution in [2.24, 2.45) is 0 Å². The second kappa shape index (κ2) is 10.8. The normalized spacial score (nSPS) is 10.6. The number of nitrogens with zero attached hydrogens (tertiary/aromatic N) is 1. The van der Waals surface area contributed by atoms with Crippen LogP contribution in [0.15, 0.2) is 77.7 Å². The van der Waals surface area contributed by atoms with Gasteiger partial charge in [0.25, 0.3) is 0 Å². The van der Waals surface area contributed by atoms with E-state index < -0.39 is 11.2 Å². The van der Waals surface area contributed by atoms with Gasteiger partial charge >= 0.3 is 0 Å². The molecule has 8 nitrogen and oxygen atoms in total. The highest BCUT2D eigenvalue weighted by Crippen LogP contribution is 2.22. The highest BCUT2D eigenvalue weighted by Gasteiger charge is 2.19. The second-order valence-electron chi connectivity index (χ2n) is 7.95. The zero-order valence-corrected chi connectivity index (χ0v) is 20.2. The Bertz CT molecular complexity index is 1460. The van der Waals surface area contributed by atoms with Crippen LogP contribution < -0.4 is 25.0 Å². The van der Waals surface area contributed by atoms with Crippen molar-refractivity contribution in [2.45, 2.75) is 13.5 Å². The van der Waals surface area contributed by atoms with Gasteiger partial charge in [-0.1, -0.05) is 0 Å². The third-order valence-electron chi connectivity index (χ3n) is 5.65.